The van der Waals surface area contributed by atoms with Gasteiger partial charge in [-0.2, -0.15) is 0 Å². The van der Waals surface area contributed by atoms with E-state index in [2.05, 4.69) is 31.4 Å². The predicted octanol–water partition coefficient (Wildman–Crippen LogP) is 7.21. The number of rotatable bonds is 7. The number of halogens is 4. The number of amides is 1. The lowest BCUT2D eigenvalue weighted by molar-refractivity contribution is 0.0950. The summed E-state index contributed by atoms with van der Waals surface area (Å²) in [6.07, 6.45) is 0. The third-order valence-electron chi connectivity index (χ3n) is 4.63. The molecule has 3 aromatic carbocycles. The van der Waals surface area contributed by atoms with Crippen molar-refractivity contribution in [2.24, 2.45) is 0 Å². The van der Waals surface area contributed by atoms with E-state index in [0.29, 0.717) is 32.3 Å². The van der Waals surface area contributed by atoms with Gasteiger partial charge in [0.2, 0.25) is 0 Å². The molecule has 0 spiro atoms. The van der Waals surface area contributed by atoms with E-state index >= 15 is 0 Å². The summed E-state index contributed by atoms with van der Waals surface area (Å²) in [5.74, 6) is 0.939. The van der Waals surface area contributed by atoms with Gasteiger partial charge in [0.15, 0.2) is 11.0 Å². The van der Waals surface area contributed by atoms with Gasteiger partial charge in [0.25, 0.3) is 5.91 Å². The molecule has 10 heteroatoms. The first-order chi connectivity index (χ1) is 15.9. The second-order valence-corrected chi connectivity index (χ2v) is 10.1. The molecule has 1 aromatic heterocycles. The number of nitrogens with one attached hydrogen (secondary N) is 1. The number of thioether (sulfide) groups is 1. The van der Waals surface area contributed by atoms with Crippen LogP contribution in [0.5, 0.6) is 0 Å². The summed E-state index contributed by atoms with van der Waals surface area (Å²) in [5, 5.41) is 13.6. The molecule has 33 heavy (non-hydrogen) atoms. The molecule has 0 fully saturated rings. The van der Waals surface area contributed by atoms with Crippen LogP contribution in [-0.4, -0.2) is 20.7 Å². The van der Waals surface area contributed by atoms with Gasteiger partial charge in [0, 0.05) is 20.3 Å². The van der Waals surface area contributed by atoms with Crippen LogP contribution in [0.3, 0.4) is 0 Å². The molecule has 4 aromatic rings. The van der Waals surface area contributed by atoms with E-state index in [1.807, 2.05) is 47.0 Å². The molecule has 0 saturated carbocycles. The van der Waals surface area contributed by atoms with Crippen LogP contribution >= 0.6 is 62.5 Å². The Morgan fingerprint density at radius 1 is 0.970 bits per heavy atom. The lowest BCUT2D eigenvalue weighted by Crippen LogP contribution is -2.25. The second-order valence-electron chi connectivity index (χ2n) is 6.94. The van der Waals surface area contributed by atoms with E-state index in [1.54, 1.807) is 30.0 Å². The SMILES string of the molecule is O=C(NCc1nnc(SCc2ccc(Br)cc2)n1-c1cccc(Cl)c1)c1ccc(Cl)cc1Cl. The van der Waals surface area contributed by atoms with Gasteiger partial charge in [-0.25, -0.2) is 0 Å². The van der Waals surface area contributed by atoms with Crippen LogP contribution in [0.25, 0.3) is 5.69 Å². The van der Waals surface area contributed by atoms with Crippen molar-refractivity contribution in [3.8, 4) is 5.69 Å². The molecule has 1 amide bonds. The van der Waals surface area contributed by atoms with Crippen LogP contribution in [0, 0.1) is 0 Å². The highest BCUT2D eigenvalue weighted by Crippen LogP contribution is 2.27. The standard InChI is InChI=1S/C23H16BrCl3N4OS/c24-15-6-4-14(5-7-15)13-33-23-30-29-21(31(23)18-3-1-2-16(25)10-18)12-28-22(32)19-9-8-17(26)11-20(19)27/h1-11H,12-13H2,(H,28,32). The van der Waals surface area contributed by atoms with Crippen LogP contribution in [0.4, 0.5) is 0 Å². The largest absolute Gasteiger partial charge is 0.345 e. The zero-order chi connectivity index (χ0) is 23.4. The van der Waals surface area contributed by atoms with E-state index in [0.717, 1.165) is 15.7 Å². The van der Waals surface area contributed by atoms with Gasteiger partial charge < -0.3 is 5.32 Å². The zero-order valence-electron chi connectivity index (χ0n) is 16.9. The first-order valence-corrected chi connectivity index (χ1v) is 12.6. The Balaban J connectivity index is 1.58. The van der Waals surface area contributed by atoms with E-state index in [4.69, 9.17) is 34.8 Å². The molecule has 0 aliphatic rings. The lowest BCUT2D eigenvalue weighted by atomic mass is 10.2. The lowest BCUT2D eigenvalue weighted by Gasteiger charge is -2.12. The topological polar surface area (TPSA) is 59.8 Å². The molecule has 5 nitrogen and oxygen atoms in total. The normalized spacial score (nSPS) is 10.9. The Morgan fingerprint density at radius 2 is 1.73 bits per heavy atom. The Hall–Kier alpha value is -2.03. The van der Waals surface area contributed by atoms with Gasteiger partial charge in [0.1, 0.15) is 0 Å². The first-order valence-electron chi connectivity index (χ1n) is 9.71. The molecule has 1 heterocycles. The highest BCUT2D eigenvalue weighted by Gasteiger charge is 2.17. The highest BCUT2D eigenvalue weighted by molar-refractivity contribution is 9.10. The fourth-order valence-electron chi connectivity index (χ4n) is 3.04. The number of carbonyl (C=O) groups excluding carboxylic acids is 1. The molecule has 168 valence electrons. The summed E-state index contributed by atoms with van der Waals surface area (Å²) >= 11 is 23.3. The number of hydrogen-bond donors (Lipinski definition) is 1. The van der Waals surface area contributed by atoms with Crippen LogP contribution in [0.1, 0.15) is 21.7 Å². The summed E-state index contributed by atoms with van der Waals surface area (Å²) in [5.41, 5.74) is 2.29. The zero-order valence-corrected chi connectivity index (χ0v) is 21.6. The summed E-state index contributed by atoms with van der Waals surface area (Å²) in [7, 11) is 0. The van der Waals surface area contributed by atoms with Crippen molar-refractivity contribution in [2.75, 3.05) is 0 Å². The Labute approximate surface area is 218 Å². The number of nitrogens with zero attached hydrogens (tertiary/aromatic N) is 3. The molecule has 1 N–H and O–H groups in total. The van der Waals surface area contributed by atoms with Crippen molar-refractivity contribution in [1.29, 1.82) is 0 Å². The van der Waals surface area contributed by atoms with Crippen molar-refractivity contribution in [1.82, 2.24) is 20.1 Å². The Kier molecular flexibility index (Phi) is 7.98. The maximum Gasteiger partial charge on any atom is 0.253 e. The van der Waals surface area contributed by atoms with Crippen LogP contribution in [0.2, 0.25) is 15.1 Å². The smallest absolute Gasteiger partial charge is 0.253 e. The number of hydrogen-bond acceptors (Lipinski definition) is 4. The van der Waals surface area contributed by atoms with Gasteiger partial charge >= 0.3 is 0 Å². The fourth-order valence-corrected chi connectivity index (χ4v) is 4.91. The first kappa shape index (κ1) is 24.1. The van der Waals surface area contributed by atoms with Gasteiger partial charge in [-0.1, -0.05) is 80.7 Å². The highest BCUT2D eigenvalue weighted by atomic mass is 79.9. The monoisotopic (exact) mass is 580 g/mol. The maximum absolute atomic E-state index is 12.7. The summed E-state index contributed by atoms with van der Waals surface area (Å²) < 4.78 is 2.91. The molecule has 0 aliphatic heterocycles. The van der Waals surface area contributed by atoms with Gasteiger partial charge in [-0.3, -0.25) is 9.36 Å². The minimum atomic E-state index is -0.332. The molecule has 0 bridgehead atoms. The van der Waals surface area contributed by atoms with Crippen molar-refractivity contribution >= 4 is 68.4 Å². The molecule has 0 unspecified atom stereocenters. The molecule has 0 atom stereocenters. The molecular weight excluding hydrogens is 567 g/mol. The number of benzene rings is 3. The third kappa shape index (κ3) is 6.11. The molecule has 0 aliphatic carbocycles. The van der Waals surface area contributed by atoms with Gasteiger partial charge in [0.05, 0.1) is 22.8 Å². The minimum Gasteiger partial charge on any atom is -0.345 e. The average molecular weight is 583 g/mol. The maximum atomic E-state index is 12.7. The predicted molar refractivity (Wildman–Crippen MR) is 138 cm³/mol. The second kappa shape index (κ2) is 10.9. The molecule has 4 rings (SSSR count). The van der Waals surface area contributed by atoms with Crippen molar-refractivity contribution in [3.05, 3.63) is 103 Å². The summed E-state index contributed by atoms with van der Waals surface area (Å²) in [4.78, 5) is 12.7. The molecule has 0 saturated heterocycles. The Morgan fingerprint density at radius 3 is 2.45 bits per heavy atom. The van der Waals surface area contributed by atoms with E-state index in [9.17, 15) is 4.79 Å². The third-order valence-corrected chi connectivity index (χ3v) is 6.94. The fraction of sp³-hybridized carbons (Fsp3) is 0.0870. The Bertz CT molecular complexity index is 1300. The summed E-state index contributed by atoms with van der Waals surface area (Å²) in [6, 6.07) is 20.2. The van der Waals surface area contributed by atoms with Gasteiger partial charge in [-0.15, -0.1) is 10.2 Å². The van der Waals surface area contributed by atoms with Crippen molar-refractivity contribution in [3.63, 3.8) is 0 Å². The van der Waals surface area contributed by atoms with E-state index in [-0.39, 0.29) is 17.5 Å². The van der Waals surface area contributed by atoms with E-state index < -0.39 is 0 Å². The minimum absolute atomic E-state index is 0.149. The quantitative estimate of drug-likeness (QED) is 0.234. The average Bonchev–Trinajstić information content (AvgIpc) is 3.20. The van der Waals surface area contributed by atoms with Crippen molar-refractivity contribution < 1.29 is 4.79 Å². The van der Waals surface area contributed by atoms with Crippen molar-refractivity contribution in [2.45, 2.75) is 17.5 Å². The molecule has 0 radical (unpaired) electrons. The van der Waals surface area contributed by atoms with Crippen LogP contribution in [0.15, 0.2) is 76.4 Å². The van der Waals surface area contributed by atoms with Gasteiger partial charge in [-0.05, 0) is 54.1 Å². The van der Waals surface area contributed by atoms with E-state index in [1.165, 1.54) is 6.07 Å². The van der Waals surface area contributed by atoms with Crippen LogP contribution in [-0.2, 0) is 12.3 Å². The number of aromatic nitrogens is 3. The molecular formula is C23H16BrCl3N4OS. The van der Waals surface area contributed by atoms with Crippen LogP contribution < -0.4 is 5.32 Å². The number of carbonyl (C=O) groups is 1. The summed E-state index contributed by atoms with van der Waals surface area (Å²) in [6.45, 7) is 0.149.